The van der Waals surface area contributed by atoms with Crippen molar-refractivity contribution in [3.63, 3.8) is 0 Å². The minimum Gasteiger partial charge on any atom is -0.390 e. The Hall–Kier alpha value is -1.76. The van der Waals surface area contributed by atoms with E-state index in [0.29, 0.717) is 6.04 Å². The molecule has 0 saturated carbocycles. The van der Waals surface area contributed by atoms with E-state index in [1.54, 1.807) is 0 Å². The van der Waals surface area contributed by atoms with E-state index < -0.39 is 0 Å². The van der Waals surface area contributed by atoms with Gasteiger partial charge in [-0.1, -0.05) is 6.07 Å². The summed E-state index contributed by atoms with van der Waals surface area (Å²) in [5.41, 5.74) is 3.20. The van der Waals surface area contributed by atoms with Crippen LogP contribution >= 0.6 is 0 Å². The van der Waals surface area contributed by atoms with E-state index in [1.165, 1.54) is 18.5 Å². The number of aromatic nitrogens is 3. The summed E-state index contributed by atoms with van der Waals surface area (Å²) in [6, 6.07) is 8.87. The quantitative estimate of drug-likeness (QED) is 0.916. The van der Waals surface area contributed by atoms with Crippen LogP contribution in [-0.4, -0.2) is 55.3 Å². The molecule has 2 aromatic rings. The van der Waals surface area contributed by atoms with Gasteiger partial charge in [-0.05, 0) is 37.5 Å². The standard InChI is InChI=1S/C19H27N5O/c25-15-17-12-19-14-23(8-3-9-24(19)21-17)18-5-10-22(11-6-18)13-16-4-1-2-7-20-16/h1-2,4,7,12,18,25H,3,5-6,8-11,13-15H2. The fraction of sp³-hybridized carbons (Fsp3) is 0.579. The van der Waals surface area contributed by atoms with Crippen LogP contribution in [0.15, 0.2) is 30.5 Å². The summed E-state index contributed by atoms with van der Waals surface area (Å²) >= 11 is 0. The summed E-state index contributed by atoms with van der Waals surface area (Å²) < 4.78 is 2.09. The van der Waals surface area contributed by atoms with Gasteiger partial charge in [-0.3, -0.25) is 19.5 Å². The van der Waals surface area contributed by atoms with Gasteiger partial charge in [-0.25, -0.2) is 0 Å². The maximum atomic E-state index is 9.32. The van der Waals surface area contributed by atoms with Crippen LogP contribution < -0.4 is 0 Å². The Labute approximate surface area is 149 Å². The highest BCUT2D eigenvalue weighted by Crippen LogP contribution is 2.23. The molecule has 2 aromatic heterocycles. The minimum atomic E-state index is 0.0336. The van der Waals surface area contributed by atoms with E-state index in [0.717, 1.165) is 57.1 Å². The lowest BCUT2D eigenvalue weighted by molar-refractivity contribution is 0.0994. The van der Waals surface area contributed by atoms with Crippen molar-refractivity contribution < 1.29 is 5.11 Å². The second kappa shape index (κ2) is 7.64. The van der Waals surface area contributed by atoms with Crippen molar-refractivity contribution in [2.75, 3.05) is 19.6 Å². The number of hydrogen-bond acceptors (Lipinski definition) is 5. The van der Waals surface area contributed by atoms with Crippen molar-refractivity contribution in [1.29, 1.82) is 0 Å². The van der Waals surface area contributed by atoms with Gasteiger partial charge in [0.2, 0.25) is 0 Å². The summed E-state index contributed by atoms with van der Waals surface area (Å²) in [7, 11) is 0. The van der Waals surface area contributed by atoms with Gasteiger partial charge in [0.25, 0.3) is 0 Å². The van der Waals surface area contributed by atoms with Crippen LogP contribution in [0.4, 0.5) is 0 Å². The van der Waals surface area contributed by atoms with Gasteiger partial charge in [0.05, 0.1) is 23.7 Å². The fourth-order valence-corrected chi connectivity index (χ4v) is 4.10. The van der Waals surface area contributed by atoms with Crippen LogP contribution in [-0.2, 0) is 26.2 Å². The van der Waals surface area contributed by atoms with Gasteiger partial charge in [-0.15, -0.1) is 0 Å². The first-order valence-corrected chi connectivity index (χ1v) is 9.34. The molecule has 134 valence electrons. The second-order valence-electron chi connectivity index (χ2n) is 7.16. The number of pyridine rings is 1. The zero-order valence-electron chi connectivity index (χ0n) is 14.7. The third-order valence-electron chi connectivity index (χ3n) is 5.44. The highest BCUT2D eigenvalue weighted by atomic mass is 16.3. The lowest BCUT2D eigenvalue weighted by Gasteiger charge is -2.37. The molecule has 0 bridgehead atoms. The predicted octanol–water partition coefficient (Wildman–Crippen LogP) is 1.64. The number of nitrogens with zero attached hydrogens (tertiary/aromatic N) is 5. The van der Waals surface area contributed by atoms with E-state index in [4.69, 9.17) is 0 Å². The second-order valence-corrected chi connectivity index (χ2v) is 7.16. The third kappa shape index (κ3) is 3.92. The van der Waals surface area contributed by atoms with Crippen LogP contribution in [0.2, 0.25) is 0 Å². The van der Waals surface area contributed by atoms with Crippen molar-refractivity contribution in [2.24, 2.45) is 0 Å². The van der Waals surface area contributed by atoms with E-state index in [9.17, 15) is 5.11 Å². The van der Waals surface area contributed by atoms with Crippen LogP contribution in [0.3, 0.4) is 0 Å². The molecule has 4 heterocycles. The number of likely N-dealkylation sites (tertiary alicyclic amines) is 1. The molecule has 0 radical (unpaired) electrons. The monoisotopic (exact) mass is 341 g/mol. The van der Waals surface area contributed by atoms with Crippen molar-refractivity contribution in [3.05, 3.63) is 47.5 Å². The number of piperidine rings is 1. The molecule has 2 aliphatic heterocycles. The van der Waals surface area contributed by atoms with E-state index in [-0.39, 0.29) is 6.61 Å². The smallest absolute Gasteiger partial charge is 0.0882 e. The number of hydrogen-bond donors (Lipinski definition) is 1. The summed E-state index contributed by atoms with van der Waals surface area (Å²) in [4.78, 5) is 9.59. The molecule has 6 nitrogen and oxygen atoms in total. The maximum absolute atomic E-state index is 9.32. The molecular formula is C19H27N5O. The minimum absolute atomic E-state index is 0.0336. The van der Waals surface area contributed by atoms with Gasteiger partial charge in [0.15, 0.2) is 0 Å². The lowest BCUT2D eigenvalue weighted by atomic mass is 10.0. The zero-order valence-corrected chi connectivity index (χ0v) is 14.7. The first-order chi connectivity index (χ1) is 12.3. The van der Waals surface area contributed by atoms with Crippen LogP contribution in [0.25, 0.3) is 0 Å². The van der Waals surface area contributed by atoms with Crippen molar-refractivity contribution in [2.45, 2.75) is 51.5 Å². The molecule has 0 spiro atoms. The molecule has 2 aliphatic rings. The number of aliphatic hydroxyl groups excluding tert-OH is 1. The highest BCUT2D eigenvalue weighted by molar-refractivity contribution is 5.11. The average Bonchev–Trinajstić information content (AvgIpc) is 2.94. The molecular weight excluding hydrogens is 314 g/mol. The van der Waals surface area contributed by atoms with Gasteiger partial charge in [-0.2, -0.15) is 5.10 Å². The summed E-state index contributed by atoms with van der Waals surface area (Å²) in [5.74, 6) is 0. The first-order valence-electron chi connectivity index (χ1n) is 9.34. The molecule has 1 N–H and O–H groups in total. The Kier molecular flexibility index (Phi) is 5.10. The zero-order chi connectivity index (χ0) is 17.1. The van der Waals surface area contributed by atoms with Gasteiger partial charge in [0.1, 0.15) is 0 Å². The molecule has 0 aliphatic carbocycles. The molecule has 1 saturated heterocycles. The topological polar surface area (TPSA) is 57.4 Å². The Balaban J connectivity index is 1.34. The van der Waals surface area contributed by atoms with Crippen LogP contribution in [0.5, 0.6) is 0 Å². The fourth-order valence-electron chi connectivity index (χ4n) is 4.10. The molecule has 0 aromatic carbocycles. The van der Waals surface area contributed by atoms with E-state index in [2.05, 4.69) is 42.8 Å². The Morgan fingerprint density at radius 2 is 1.96 bits per heavy atom. The van der Waals surface area contributed by atoms with Gasteiger partial charge in [0, 0.05) is 51.5 Å². The normalized spacial score (nSPS) is 20.4. The van der Waals surface area contributed by atoms with Gasteiger partial charge < -0.3 is 5.11 Å². The van der Waals surface area contributed by atoms with E-state index in [1.807, 2.05) is 12.3 Å². The first kappa shape index (κ1) is 16.7. The highest BCUT2D eigenvalue weighted by Gasteiger charge is 2.27. The van der Waals surface area contributed by atoms with Gasteiger partial charge >= 0.3 is 0 Å². The maximum Gasteiger partial charge on any atom is 0.0882 e. The summed E-state index contributed by atoms with van der Waals surface area (Å²) in [5, 5.41) is 13.8. The molecule has 1 fully saturated rings. The largest absolute Gasteiger partial charge is 0.390 e. The Morgan fingerprint density at radius 3 is 2.72 bits per heavy atom. The third-order valence-corrected chi connectivity index (χ3v) is 5.44. The summed E-state index contributed by atoms with van der Waals surface area (Å²) in [6.07, 6.45) is 5.44. The Bertz CT molecular complexity index is 678. The summed E-state index contributed by atoms with van der Waals surface area (Å²) in [6.45, 7) is 6.33. The number of rotatable bonds is 4. The molecule has 25 heavy (non-hydrogen) atoms. The van der Waals surface area contributed by atoms with Crippen molar-refractivity contribution in [3.8, 4) is 0 Å². The number of fused-ring (bicyclic) bond motifs is 1. The molecule has 0 unspecified atom stereocenters. The molecule has 0 amide bonds. The molecule has 6 heteroatoms. The molecule has 4 rings (SSSR count). The van der Waals surface area contributed by atoms with Crippen molar-refractivity contribution >= 4 is 0 Å². The number of aliphatic hydroxyl groups is 1. The van der Waals surface area contributed by atoms with Crippen LogP contribution in [0.1, 0.15) is 36.3 Å². The average molecular weight is 341 g/mol. The van der Waals surface area contributed by atoms with Crippen LogP contribution in [0, 0.1) is 0 Å². The SMILES string of the molecule is OCc1cc2n(n1)CCCN(C1CCN(Cc3ccccn3)CC1)C2. The predicted molar refractivity (Wildman–Crippen MR) is 95.7 cm³/mol. The Morgan fingerprint density at radius 1 is 1.08 bits per heavy atom. The van der Waals surface area contributed by atoms with Crippen molar-refractivity contribution in [1.82, 2.24) is 24.6 Å². The molecule has 0 atom stereocenters. The van der Waals surface area contributed by atoms with E-state index >= 15 is 0 Å². The number of aryl methyl sites for hydroxylation is 1. The lowest BCUT2D eigenvalue weighted by Crippen LogP contribution is -2.44.